The molecule has 0 aromatic carbocycles. The fourth-order valence-electron chi connectivity index (χ4n) is 1.47. The molecular formula is C9H7ClN2O3S. The van der Waals surface area contributed by atoms with E-state index in [2.05, 4.69) is 9.38 Å². The van der Waals surface area contributed by atoms with Gasteiger partial charge in [-0.3, -0.25) is 0 Å². The third kappa shape index (κ3) is 1.49. The Balaban J connectivity index is 2.25. The summed E-state index contributed by atoms with van der Waals surface area (Å²) in [5, 5.41) is 0.201. The highest BCUT2D eigenvalue weighted by Gasteiger charge is 2.47. The van der Waals surface area contributed by atoms with E-state index in [4.69, 9.17) is 16.3 Å². The summed E-state index contributed by atoms with van der Waals surface area (Å²) in [6.45, 7) is 0. The molecule has 5 nitrogen and oxygen atoms in total. The van der Waals surface area contributed by atoms with Gasteiger partial charge in [0.05, 0.1) is 6.21 Å². The number of hydrogen-bond acceptors (Lipinski definition) is 4. The van der Waals surface area contributed by atoms with E-state index in [9.17, 15) is 8.42 Å². The Morgan fingerprint density at radius 1 is 1.38 bits per heavy atom. The van der Waals surface area contributed by atoms with Gasteiger partial charge in [-0.25, -0.2) is 4.98 Å². The predicted octanol–water partition coefficient (Wildman–Crippen LogP) is 1.42. The number of hydrogen-bond donors (Lipinski definition) is 0. The topological polar surface area (TPSA) is 68.6 Å². The molecule has 1 aromatic heterocycles. The minimum atomic E-state index is -3.70. The fourth-order valence-corrected chi connectivity index (χ4v) is 2.60. The number of sulfonamides is 1. The summed E-state index contributed by atoms with van der Waals surface area (Å²) in [4.78, 5) is 3.86. The van der Waals surface area contributed by atoms with Crippen LogP contribution in [0.1, 0.15) is 12.8 Å². The molecule has 0 radical (unpaired) electrons. The molecule has 1 aromatic rings. The maximum absolute atomic E-state index is 11.8. The number of halogens is 1. The minimum Gasteiger partial charge on any atom is -0.464 e. The van der Waals surface area contributed by atoms with Gasteiger partial charge in [-0.1, -0.05) is 11.6 Å². The van der Waals surface area contributed by atoms with E-state index in [1.807, 2.05) is 0 Å². The Hall–Kier alpha value is -1.14. The van der Waals surface area contributed by atoms with Gasteiger partial charge in [-0.05, 0) is 25.0 Å². The van der Waals surface area contributed by atoms with Crippen molar-refractivity contribution in [2.45, 2.75) is 23.3 Å². The van der Waals surface area contributed by atoms with E-state index in [0.29, 0.717) is 0 Å². The van der Waals surface area contributed by atoms with Crippen molar-refractivity contribution in [2.75, 3.05) is 0 Å². The van der Waals surface area contributed by atoms with Crippen LogP contribution in [0.25, 0.3) is 0 Å². The van der Waals surface area contributed by atoms with Crippen molar-refractivity contribution in [1.82, 2.24) is 4.98 Å². The van der Waals surface area contributed by atoms with Crippen molar-refractivity contribution >= 4 is 27.8 Å². The summed E-state index contributed by atoms with van der Waals surface area (Å²) >= 11 is 5.71. The molecule has 0 N–H and O–H groups in total. The molecule has 2 heterocycles. The minimum absolute atomic E-state index is 0.0306. The van der Waals surface area contributed by atoms with Crippen LogP contribution < -0.4 is 4.74 Å². The van der Waals surface area contributed by atoms with Crippen LogP contribution in [0, 0.1) is 0 Å². The molecule has 3 rings (SSSR count). The van der Waals surface area contributed by atoms with Gasteiger partial charge in [0.2, 0.25) is 5.88 Å². The van der Waals surface area contributed by atoms with Crippen LogP contribution in [0.4, 0.5) is 0 Å². The summed E-state index contributed by atoms with van der Waals surface area (Å²) in [7, 11) is -3.70. The van der Waals surface area contributed by atoms with Gasteiger partial charge in [0.1, 0.15) is 10.8 Å². The standard InChI is InChI=1S/C9H7ClN2O3S/c10-7-2-1-6-8(12-7)15-9(3-4-9)5-11-16(6,13)14/h1-2,5H,3-4H2. The SMILES string of the molecule is O=S1(=O)N=CC2(CC2)Oc2nc(Cl)ccc21. The number of fused-ring (bicyclic) bond motifs is 1. The highest BCUT2D eigenvalue weighted by atomic mass is 35.5. The first-order valence-electron chi connectivity index (χ1n) is 4.68. The molecule has 1 fully saturated rings. The van der Waals surface area contributed by atoms with Gasteiger partial charge < -0.3 is 4.74 Å². The zero-order chi connectivity index (χ0) is 11.4. The lowest BCUT2D eigenvalue weighted by atomic mass is 10.4. The molecule has 1 saturated carbocycles. The third-order valence-electron chi connectivity index (χ3n) is 2.54. The van der Waals surface area contributed by atoms with Crippen molar-refractivity contribution in [3.05, 3.63) is 17.3 Å². The Bertz CT molecular complexity index is 593. The molecule has 0 saturated heterocycles. The fraction of sp³-hybridized carbons (Fsp3) is 0.333. The number of pyridine rings is 1. The molecule has 1 aliphatic carbocycles. The molecule has 0 amide bonds. The monoisotopic (exact) mass is 258 g/mol. The Kier molecular flexibility index (Phi) is 1.85. The van der Waals surface area contributed by atoms with Gasteiger partial charge in [-0.2, -0.15) is 12.8 Å². The summed E-state index contributed by atoms with van der Waals surface area (Å²) in [5.41, 5.74) is -0.587. The maximum atomic E-state index is 11.8. The first kappa shape index (κ1) is 10.0. The molecule has 2 aliphatic rings. The van der Waals surface area contributed by atoms with Gasteiger partial charge >= 0.3 is 0 Å². The van der Waals surface area contributed by atoms with Crippen LogP contribution in [-0.4, -0.2) is 25.2 Å². The first-order chi connectivity index (χ1) is 7.51. The summed E-state index contributed by atoms with van der Waals surface area (Å²) < 4.78 is 32.6. The summed E-state index contributed by atoms with van der Waals surface area (Å²) in [5.74, 6) is 0.0440. The second-order valence-electron chi connectivity index (χ2n) is 3.81. The lowest BCUT2D eigenvalue weighted by Gasteiger charge is -2.10. The molecule has 0 atom stereocenters. The van der Waals surface area contributed by atoms with Gasteiger partial charge in [0, 0.05) is 0 Å². The van der Waals surface area contributed by atoms with Gasteiger partial charge in [0.15, 0.2) is 4.90 Å². The Labute approximate surface area is 97.2 Å². The van der Waals surface area contributed by atoms with Crippen LogP contribution >= 0.6 is 11.6 Å². The zero-order valence-electron chi connectivity index (χ0n) is 8.05. The van der Waals surface area contributed by atoms with E-state index < -0.39 is 15.6 Å². The van der Waals surface area contributed by atoms with Crippen LogP contribution in [0.2, 0.25) is 5.15 Å². The number of aromatic nitrogens is 1. The second kappa shape index (κ2) is 2.95. The molecular weight excluding hydrogens is 252 g/mol. The van der Waals surface area contributed by atoms with Crippen LogP contribution in [0.5, 0.6) is 5.88 Å². The summed E-state index contributed by atoms with van der Waals surface area (Å²) in [6, 6.07) is 2.76. The molecule has 1 spiro atoms. The van der Waals surface area contributed by atoms with Crippen LogP contribution in [0.3, 0.4) is 0 Å². The second-order valence-corrected chi connectivity index (χ2v) is 5.80. The van der Waals surface area contributed by atoms with Crippen molar-refractivity contribution in [3.63, 3.8) is 0 Å². The van der Waals surface area contributed by atoms with E-state index in [-0.39, 0.29) is 15.9 Å². The normalized spacial score (nSPS) is 23.3. The van der Waals surface area contributed by atoms with Crippen molar-refractivity contribution in [1.29, 1.82) is 0 Å². The van der Waals surface area contributed by atoms with Crippen molar-refractivity contribution in [3.8, 4) is 5.88 Å². The van der Waals surface area contributed by atoms with E-state index in [1.54, 1.807) is 0 Å². The largest absolute Gasteiger partial charge is 0.464 e. The molecule has 0 unspecified atom stereocenters. The first-order valence-corrected chi connectivity index (χ1v) is 6.50. The molecule has 7 heteroatoms. The van der Waals surface area contributed by atoms with Gasteiger partial charge in [-0.15, -0.1) is 0 Å². The number of ether oxygens (including phenoxy) is 1. The Morgan fingerprint density at radius 2 is 2.12 bits per heavy atom. The van der Waals surface area contributed by atoms with E-state index >= 15 is 0 Å². The summed E-state index contributed by atoms with van der Waals surface area (Å²) in [6.07, 6.45) is 2.84. The molecule has 1 aliphatic heterocycles. The van der Waals surface area contributed by atoms with Crippen molar-refractivity contribution in [2.24, 2.45) is 4.40 Å². The van der Waals surface area contributed by atoms with Crippen LogP contribution in [0.15, 0.2) is 21.4 Å². The third-order valence-corrected chi connectivity index (χ3v) is 4.00. The van der Waals surface area contributed by atoms with E-state index in [1.165, 1.54) is 18.3 Å². The average Bonchev–Trinajstić information content (AvgIpc) is 2.96. The zero-order valence-corrected chi connectivity index (χ0v) is 9.62. The number of rotatable bonds is 0. The molecule has 84 valence electrons. The quantitative estimate of drug-likeness (QED) is 0.660. The van der Waals surface area contributed by atoms with Gasteiger partial charge in [0.25, 0.3) is 10.0 Å². The highest BCUT2D eigenvalue weighted by molar-refractivity contribution is 7.90. The number of nitrogens with zero attached hydrogens (tertiary/aromatic N) is 2. The average molecular weight is 259 g/mol. The van der Waals surface area contributed by atoms with E-state index in [0.717, 1.165) is 12.8 Å². The highest BCUT2D eigenvalue weighted by Crippen LogP contribution is 2.42. The van der Waals surface area contributed by atoms with Crippen molar-refractivity contribution < 1.29 is 13.2 Å². The maximum Gasteiger partial charge on any atom is 0.287 e. The smallest absolute Gasteiger partial charge is 0.287 e. The van der Waals surface area contributed by atoms with Crippen LogP contribution in [-0.2, 0) is 10.0 Å². The molecule has 0 bridgehead atoms. The predicted molar refractivity (Wildman–Crippen MR) is 57.5 cm³/mol. The lowest BCUT2D eigenvalue weighted by Crippen LogP contribution is -2.19. The molecule has 16 heavy (non-hydrogen) atoms. The lowest BCUT2D eigenvalue weighted by molar-refractivity contribution is 0.238. The Morgan fingerprint density at radius 3 is 2.81 bits per heavy atom.